The third kappa shape index (κ3) is 36.1. The van der Waals surface area contributed by atoms with E-state index in [0.29, 0.717) is 6.42 Å². The third-order valence-corrected chi connectivity index (χ3v) is 9.44. The minimum Gasteiger partial charge on any atom is -0.492 e. The Balaban J connectivity index is 4.12. The molecule has 0 aromatic rings. The van der Waals surface area contributed by atoms with Crippen molar-refractivity contribution in [2.75, 3.05) is 26.4 Å². The fourth-order valence-corrected chi connectivity index (χ4v) is 6.21. The number of carbonyl (C=O) groups is 1. The van der Waals surface area contributed by atoms with Gasteiger partial charge in [0.25, 0.3) is 0 Å². The van der Waals surface area contributed by atoms with Gasteiger partial charge in [-0.05, 0) is 51.0 Å². The molecule has 9 heteroatoms. The van der Waals surface area contributed by atoms with Crippen LogP contribution in [0.2, 0.25) is 0 Å². The number of unbranched alkanes of at least 4 members (excludes halogenated alkanes) is 23. The van der Waals surface area contributed by atoms with Crippen molar-refractivity contribution in [1.29, 1.82) is 0 Å². The van der Waals surface area contributed by atoms with E-state index in [4.69, 9.17) is 24.3 Å². The SMILES string of the molecule is CCCCCCCC/C=C\CCCCCCCC(=O)OC[C@H](COP(=O)(O)OCCN)O/C=C\CCCCCCCCCCCCCC. The Morgan fingerprint density at radius 1 is 0.625 bits per heavy atom. The number of phosphoric acid groups is 1. The zero-order valence-corrected chi connectivity index (χ0v) is 32.1. The molecule has 284 valence electrons. The molecule has 0 saturated heterocycles. The summed E-state index contributed by atoms with van der Waals surface area (Å²) in [6.45, 7) is 4.21. The Hall–Kier alpha value is -1.18. The smallest absolute Gasteiger partial charge is 0.472 e. The van der Waals surface area contributed by atoms with Crippen molar-refractivity contribution in [2.24, 2.45) is 5.73 Å². The first-order valence-electron chi connectivity index (χ1n) is 19.9. The molecule has 0 fully saturated rings. The minimum absolute atomic E-state index is 0.0657. The van der Waals surface area contributed by atoms with Gasteiger partial charge in [0.1, 0.15) is 6.61 Å². The Morgan fingerprint density at radius 3 is 1.54 bits per heavy atom. The third-order valence-electron chi connectivity index (χ3n) is 8.46. The highest BCUT2D eigenvalue weighted by Gasteiger charge is 2.24. The second-order valence-corrected chi connectivity index (χ2v) is 14.7. The van der Waals surface area contributed by atoms with Crippen LogP contribution in [0.1, 0.15) is 187 Å². The molecule has 8 nitrogen and oxygen atoms in total. The van der Waals surface area contributed by atoms with Crippen LogP contribution in [0, 0.1) is 0 Å². The molecule has 0 aliphatic rings. The fourth-order valence-electron chi connectivity index (χ4n) is 5.45. The lowest BCUT2D eigenvalue weighted by atomic mass is 10.0. The van der Waals surface area contributed by atoms with Gasteiger partial charge in [0.2, 0.25) is 0 Å². The Morgan fingerprint density at radius 2 is 1.06 bits per heavy atom. The molecule has 0 spiro atoms. The summed E-state index contributed by atoms with van der Waals surface area (Å²) < 4.78 is 33.1. The molecule has 0 aliphatic carbocycles. The van der Waals surface area contributed by atoms with E-state index in [1.165, 1.54) is 128 Å². The van der Waals surface area contributed by atoms with Crippen molar-refractivity contribution in [3.8, 4) is 0 Å². The molecule has 3 N–H and O–H groups in total. The van der Waals surface area contributed by atoms with Gasteiger partial charge in [-0.2, -0.15) is 0 Å². The first-order valence-corrected chi connectivity index (χ1v) is 21.4. The molecule has 0 aromatic carbocycles. The first-order chi connectivity index (χ1) is 23.4. The normalized spacial score (nSPS) is 13.8. The van der Waals surface area contributed by atoms with Gasteiger partial charge in [-0.25, -0.2) is 4.57 Å². The van der Waals surface area contributed by atoms with Gasteiger partial charge in [0.15, 0.2) is 6.10 Å². The zero-order valence-electron chi connectivity index (χ0n) is 31.2. The van der Waals surface area contributed by atoms with Crippen LogP contribution in [-0.2, 0) is 27.9 Å². The van der Waals surface area contributed by atoms with E-state index in [0.717, 1.165) is 38.5 Å². The highest BCUT2D eigenvalue weighted by atomic mass is 31.2. The molecule has 0 heterocycles. The van der Waals surface area contributed by atoms with Crippen LogP contribution in [0.4, 0.5) is 0 Å². The average molecular weight is 702 g/mol. The topological polar surface area (TPSA) is 117 Å². The molecule has 0 bridgehead atoms. The van der Waals surface area contributed by atoms with Gasteiger partial charge in [-0.1, -0.05) is 148 Å². The molecule has 0 saturated carbocycles. The Labute approximate surface area is 296 Å². The molecular formula is C39H76NO7P. The lowest BCUT2D eigenvalue weighted by Crippen LogP contribution is -2.25. The van der Waals surface area contributed by atoms with Crippen molar-refractivity contribution in [3.05, 3.63) is 24.5 Å². The fraction of sp³-hybridized carbons (Fsp3) is 0.872. The number of ether oxygens (including phenoxy) is 2. The highest BCUT2D eigenvalue weighted by Crippen LogP contribution is 2.43. The van der Waals surface area contributed by atoms with Gasteiger partial charge in [0, 0.05) is 13.0 Å². The molecule has 0 rings (SSSR count). The average Bonchev–Trinajstić information content (AvgIpc) is 3.08. The molecule has 1 unspecified atom stereocenters. The maximum Gasteiger partial charge on any atom is 0.472 e. The zero-order chi connectivity index (χ0) is 35.2. The monoisotopic (exact) mass is 702 g/mol. The van der Waals surface area contributed by atoms with Crippen molar-refractivity contribution < 1.29 is 32.8 Å². The largest absolute Gasteiger partial charge is 0.492 e. The molecule has 2 atom stereocenters. The van der Waals surface area contributed by atoms with E-state index >= 15 is 0 Å². The van der Waals surface area contributed by atoms with Crippen LogP contribution in [0.25, 0.3) is 0 Å². The molecule has 0 aromatic heterocycles. The number of carbonyl (C=O) groups excluding carboxylic acids is 1. The summed E-state index contributed by atoms with van der Waals surface area (Å²) >= 11 is 0. The second kappa shape index (κ2) is 37.1. The summed E-state index contributed by atoms with van der Waals surface area (Å²) in [5, 5.41) is 0. The number of allylic oxidation sites excluding steroid dienone is 3. The van der Waals surface area contributed by atoms with E-state index in [2.05, 4.69) is 26.0 Å². The van der Waals surface area contributed by atoms with E-state index in [1.807, 2.05) is 6.08 Å². The van der Waals surface area contributed by atoms with Crippen molar-refractivity contribution >= 4 is 13.8 Å². The van der Waals surface area contributed by atoms with Crippen LogP contribution in [0.3, 0.4) is 0 Å². The van der Waals surface area contributed by atoms with Crippen molar-refractivity contribution in [1.82, 2.24) is 0 Å². The summed E-state index contributed by atoms with van der Waals surface area (Å²) in [6, 6.07) is 0. The Kier molecular flexibility index (Phi) is 36.2. The summed E-state index contributed by atoms with van der Waals surface area (Å²) in [4.78, 5) is 22.2. The van der Waals surface area contributed by atoms with Crippen molar-refractivity contribution in [2.45, 2.75) is 193 Å². The van der Waals surface area contributed by atoms with E-state index in [9.17, 15) is 14.3 Å². The first kappa shape index (κ1) is 46.8. The van der Waals surface area contributed by atoms with Crippen LogP contribution in [0.15, 0.2) is 24.5 Å². The van der Waals surface area contributed by atoms with Gasteiger partial charge in [-0.3, -0.25) is 13.8 Å². The maximum atomic E-state index is 12.3. The molecular weight excluding hydrogens is 625 g/mol. The van der Waals surface area contributed by atoms with Crippen LogP contribution in [0.5, 0.6) is 0 Å². The van der Waals surface area contributed by atoms with Gasteiger partial charge < -0.3 is 20.1 Å². The summed E-state index contributed by atoms with van der Waals surface area (Å²) in [5.74, 6) is -0.298. The van der Waals surface area contributed by atoms with Crippen LogP contribution in [-0.4, -0.2) is 43.3 Å². The van der Waals surface area contributed by atoms with Crippen molar-refractivity contribution in [3.63, 3.8) is 0 Å². The molecule has 0 aliphatic heterocycles. The molecule has 48 heavy (non-hydrogen) atoms. The number of rotatable bonds is 38. The number of phosphoric ester groups is 1. The molecule has 0 radical (unpaired) electrons. The summed E-state index contributed by atoms with van der Waals surface area (Å²) in [7, 11) is -4.26. The lowest BCUT2D eigenvalue weighted by Gasteiger charge is -2.19. The highest BCUT2D eigenvalue weighted by molar-refractivity contribution is 7.47. The predicted molar refractivity (Wildman–Crippen MR) is 201 cm³/mol. The predicted octanol–water partition coefficient (Wildman–Crippen LogP) is 11.6. The van der Waals surface area contributed by atoms with Gasteiger partial charge >= 0.3 is 13.8 Å². The number of hydrogen-bond donors (Lipinski definition) is 2. The summed E-state index contributed by atoms with van der Waals surface area (Å²) in [6.07, 6.45) is 40.0. The van der Waals surface area contributed by atoms with E-state index < -0.39 is 13.9 Å². The van der Waals surface area contributed by atoms with Gasteiger partial charge in [0.05, 0.1) is 19.5 Å². The van der Waals surface area contributed by atoms with Crippen LogP contribution >= 0.6 is 7.82 Å². The number of hydrogen-bond acceptors (Lipinski definition) is 7. The van der Waals surface area contributed by atoms with Gasteiger partial charge in [-0.15, -0.1) is 0 Å². The lowest BCUT2D eigenvalue weighted by molar-refractivity contribution is -0.147. The number of esters is 1. The minimum atomic E-state index is -4.26. The van der Waals surface area contributed by atoms with E-state index in [-0.39, 0.29) is 32.3 Å². The summed E-state index contributed by atoms with van der Waals surface area (Å²) in [5.41, 5.74) is 5.35. The quantitative estimate of drug-likeness (QED) is 0.0215. The maximum absolute atomic E-state index is 12.3. The number of nitrogens with two attached hydrogens (primary N) is 1. The van der Waals surface area contributed by atoms with Crippen LogP contribution < -0.4 is 5.73 Å². The Bertz CT molecular complexity index is 792. The molecule has 0 amide bonds. The second-order valence-electron chi connectivity index (χ2n) is 13.2. The van der Waals surface area contributed by atoms with E-state index in [1.54, 1.807) is 6.26 Å². The standard InChI is InChI=1S/C39H76NO7P/c1-3-5-7-9-11-13-15-17-19-20-22-24-26-28-30-32-39(41)45-36-38(37-47-48(42,43)46-35-33-40)44-34-31-29-27-25-23-21-18-16-14-12-10-8-6-4-2/h17,19,31,34,38H,3-16,18,20-30,32-33,35-37,40H2,1-2H3,(H,42,43)/b19-17-,34-31-/t38-/m1/s1.